The Kier molecular flexibility index (Phi) is 5.53. The molecule has 0 aromatic heterocycles. The molecule has 2 aliphatic rings. The lowest BCUT2D eigenvalue weighted by Crippen LogP contribution is -2.48. The van der Waals surface area contributed by atoms with Crippen molar-refractivity contribution in [3.63, 3.8) is 0 Å². The van der Waals surface area contributed by atoms with Gasteiger partial charge >= 0.3 is 0 Å². The van der Waals surface area contributed by atoms with E-state index in [4.69, 9.17) is 0 Å². The van der Waals surface area contributed by atoms with Gasteiger partial charge in [-0.2, -0.15) is 4.72 Å². The number of anilines is 2. The zero-order valence-corrected chi connectivity index (χ0v) is 18.7. The number of sulfonamides is 1. The van der Waals surface area contributed by atoms with Crippen molar-refractivity contribution in [2.75, 3.05) is 16.8 Å². The number of hydrogen-bond donors (Lipinski definition) is 2. The van der Waals surface area contributed by atoms with E-state index >= 15 is 0 Å². The first-order chi connectivity index (χ1) is 12.9. The smallest absolute Gasteiger partial charge is 0.229 e. The van der Waals surface area contributed by atoms with Crippen molar-refractivity contribution in [3.8, 4) is 0 Å². The lowest BCUT2D eigenvalue weighted by Gasteiger charge is -2.30. The highest BCUT2D eigenvalue weighted by molar-refractivity contribution is 7.90. The fourth-order valence-electron chi connectivity index (χ4n) is 4.05. The van der Waals surface area contributed by atoms with Gasteiger partial charge in [0.1, 0.15) is 0 Å². The molecule has 0 spiro atoms. The SMILES string of the molecule is Cc1cc(C)c(NC(=O)C(C)(C)C)c2c1CC1NS(=O)(=O)C(C)CCCCN21. The summed E-state index contributed by atoms with van der Waals surface area (Å²) in [5.41, 5.74) is 4.55. The summed E-state index contributed by atoms with van der Waals surface area (Å²) in [7, 11) is -3.38. The van der Waals surface area contributed by atoms with Crippen LogP contribution in [0.3, 0.4) is 0 Å². The summed E-state index contributed by atoms with van der Waals surface area (Å²) in [6, 6.07) is 2.08. The lowest BCUT2D eigenvalue weighted by molar-refractivity contribution is -0.123. The van der Waals surface area contributed by atoms with Gasteiger partial charge in [-0.15, -0.1) is 0 Å². The summed E-state index contributed by atoms with van der Waals surface area (Å²) < 4.78 is 28.4. The van der Waals surface area contributed by atoms with E-state index < -0.39 is 15.4 Å². The van der Waals surface area contributed by atoms with Gasteiger partial charge in [0.2, 0.25) is 15.9 Å². The van der Waals surface area contributed by atoms with Crippen LogP contribution in [0.2, 0.25) is 0 Å². The van der Waals surface area contributed by atoms with Crippen LogP contribution in [0.5, 0.6) is 0 Å². The van der Waals surface area contributed by atoms with Crippen LogP contribution >= 0.6 is 0 Å². The summed E-state index contributed by atoms with van der Waals surface area (Å²) in [6.45, 7) is 12.3. The first kappa shape index (κ1) is 21.1. The maximum atomic E-state index is 12.7. The van der Waals surface area contributed by atoms with Crippen LogP contribution in [0, 0.1) is 19.3 Å². The molecule has 2 N–H and O–H groups in total. The number of nitrogens with zero attached hydrogens (tertiary/aromatic N) is 1. The minimum atomic E-state index is -3.38. The molecule has 7 heteroatoms. The van der Waals surface area contributed by atoms with E-state index in [2.05, 4.69) is 27.9 Å². The highest BCUT2D eigenvalue weighted by Crippen LogP contribution is 2.43. The highest BCUT2D eigenvalue weighted by atomic mass is 32.2. The van der Waals surface area contributed by atoms with Crippen LogP contribution in [-0.4, -0.2) is 32.3 Å². The number of hydrogen-bond acceptors (Lipinski definition) is 4. The van der Waals surface area contributed by atoms with Gasteiger partial charge in [-0.1, -0.05) is 33.3 Å². The number of carbonyl (C=O) groups excluding carboxylic acids is 1. The van der Waals surface area contributed by atoms with Gasteiger partial charge in [-0.25, -0.2) is 8.42 Å². The number of fused-ring (bicyclic) bond motifs is 3. The maximum Gasteiger partial charge on any atom is 0.229 e. The Labute approximate surface area is 169 Å². The summed E-state index contributed by atoms with van der Waals surface area (Å²) in [6.07, 6.45) is 2.78. The predicted molar refractivity (Wildman–Crippen MR) is 114 cm³/mol. The van der Waals surface area contributed by atoms with Gasteiger partial charge < -0.3 is 10.2 Å². The van der Waals surface area contributed by atoms with Crippen molar-refractivity contribution in [2.24, 2.45) is 5.41 Å². The molecule has 2 heterocycles. The Morgan fingerprint density at radius 1 is 1.21 bits per heavy atom. The molecule has 6 nitrogen and oxygen atoms in total. The van der Waals surface area contributed by atoms with Crippen LogP contribution in [0.15, 0.2) is 6.07 Å². The molecule has 0 saturated carbocycles. The van der Waals surface area contributed by atoms with Gasteiger partial charge in [0.15, 0.2) is 0 Å². The third-order valence-corrected chi connectivity index (χ3v) is 7.79. The topological polar surface area (TPSA) is 78.5 Å². The molecule has 0 bridgehead atoms. The van der Waals surface area contributed by atoms with Gasteiger partial charge in [0.05, 0.1) is 22.8 Å². The van der Waals surface area contributed by atoms with Gasteiger partial charge in [0, 0.05) is 18.4 Å². The van der Waals surface area contributed by atoms with E-state index in [1.807, 2.05) is 27.7 Å². The van der Waals surface area contributed by atoms with Crippen LogP contribution in [0.25, 0.3) is 0 Å². The Morgan fingerprint density at radius 2 is 1.89 bits per heavy atom. The van der Waals surface area contributed by atoms with Gasteiger partial charge in [-0.3, -0.25) is 4.79 Å². The molecular formula is C21H33N3O3S. The average Bonchev–Trinajstić information content (AvgIpc) is 2.93. The molecule has 156 valence electrons. The second-order valence-electron chi connectivity index (χ2n) is 9.30. The number of aryl methyl sites for hydroxylation is 2. The van der Waals surface area contributed by atoms with Crippen LogP contribution in [-0.2, 0) is 21.2 Å². The van der Waals surface area contributed by atoms with Crippen LogP contribution in [0.4, 0.5) is 11.4 Å². The molecule has 1 aromatic carbocycles. The van der Waals surface area contributed by atoms with Crippen molar-refractivity contribution in [2.45, 2.75) is 78.6 Å². The highest BCUT2D eigenvalue weighted by Gasteiger charge is 2.38. The molecule has 1 saturated heterocycles. The maximum absolute atomic E-state index is 12.7. The molecule has 1 aromatic rings. The largest absolute Gasteiger partial charge is 0.353 e. The van der Waals surface area contributed by atoms with E-state index in [0.29, 0.717) is 12.8 Å². The van der Waals surface area contributed by atoms with Crippen LogP contribution < -0.4 is 14.9 Å². The monoisotopic (exact) mass is 407 g/mol. The number of rotatable bonds is 1. The number of benzene rings is 1. The molecule has 2 atom stereocenters. The fraction of sp³-hybridized carbons (Fsp3) is 0.667. The molecule has 3 rings (SSSR count). The van der Waals surface area contributed by atoms with Crippen molar-refractivity contribution >= 4 is 27.3 Å². The first-order valence-corrected chi connectivity index (χ1v) is 11.7. The van der Waals surface area contributed by atoms with E-state index in [9.17, 15) is 13.2 Å². The quantitative estimate of drug-likeness (QED) is 0.747. The second kappa shape index (κ2) is 7.34. The van der Waals surface area contributed by atoms with Gasteiger partial charge in [-0.05, 0) is 50.3 Å². The van der Waals surface area contributed by atoms with Crippen molar-refractivity contribution in [1.82, 2.24) is 4.72 Å². The minimum absolute atomic E-state index is 0.0384. The molecular weight excluding hydrogens is 374 g/mol. The number of carbonyl (C=O) groups is 1. The summed E-state index contributed by atoms with van der Waals surface area (Å²) in [5.74, 6) is -0.0384. The Bertz CT molecular complexity index is 887. The normalized spacial score (nSPS) is 24.6. The Balaban J connectivity index is 2.07. The molecule has 2 aliphatic heterocycles. The summed E-state index contributed by atoms with van der Waals surface area (Å²) >= 11 is 0. The fourth-order valence-corrected chi connectivity index (χ4v) is 5.35. The lowest BCUT2D eigenvalue weighted by atomic mass is 9.94. The summed E-state index contributed by atoms with van der Waals surface area (Å²) in [4.78, 5) is 14.9. The molecule has 0 radical (unpaired) electrons. The zero-order chi connectivity index (χ0) is 20.9. The molecule has 2 unspecified atom stereocenters. The summed E-state index contributed by atoms with van der Waals surface area (Å²) in [5, 5.41) is 2.74. The zero-order valence-electron chi connectivity index (χ0n) is 17.8. The predicted octanol–water partition coefficient (Wildman–Crippen LogP) is 3.47. The van der Waals surface area contributed by atoms with Crippen molar-refractivity contribution < 1.29 is 13.2 Å². The standard InChI is InChI=1S/C21H33N3O3S/c1-13-11-14(2)18(22-20(25)21(4,5)6)19-16(13)12-17-23-28(26,27)15(3)9-7-8-10-24(17)19/h11,15,17,23H,7-10,12H2,1-6H3,(H,22,25). The molecule has 0 aliphatic carbocycles. The number of nitrogens with one attached hydrogen (secondary N) is 2. The van der Waals surface area contributed by atoms with E-state index in [-0.39, 0.29) is 17.3 Å². The van der Waals surface area contributed by atoms with Crippen molar-refractivity contribution in [3.05, 3.63) is 22.8 Å². The Hall–Kier alpha value is -1.60. The molecule has 1 fully saturated rings. The second-order valence-corrected chi connectivity index (χ2v) is 11.4. The molecule has 28 heavy (non-hydrogen) atoms. The third kappa shape index (κ3) is 3.92. The van der Waals surface area contributed by atoms with E-state index in [0.717, 1.165) is 47.5 Å². The van der Waals surface area contributed by atoms with Crippen molar-refractivity contribution in [1.29, 1.82) is 0 Å². The van der Waals surface area contributed by atoms with Gasteiger partial charge in [0.25, 0.3) is 0 Å². The first-order valence-electron chi connectivity index (χ1n) is 10.1. The minimum Gasteiger partial charge on any atom is -0.353 e. The average molecular weight is 408 g/mol. The Morgan fingerprint density at radius 3 is 2.54 bits per heavy atom. The number of amides is 1. The van der Waals surface area contributed by atoms with E-state index in [1.54, 1.807) is 6.92 Å². The van der Waals surface area contributed by atoms with E-state index in [1.165, 1.54) is 0 Å². The molecule has 1 amide bonds. The third-order valence-electron chi connectivity index (χ3n) is 5.90. The van der Waals surface area contributed by atoms with Crippen LogP contribution in [0.1, 0.15) is 63.6 Å².